The predicted octanol–water partition coefficient (Wildman–Crippen LogP) is 8.77. The number of carbonyl (C=O) groups excluding carboxylic acids is 2. The molecule has 2 aliphatic heterocycles. The summed E-state index contributed by atoms with van der Waals surface area (Å²) in [7, 11) is 5.28. The average Bonchev–Trinajstić information content (AvgIpc) is 4.09. The molecule has 8 rings (SSSR count). The normalized spacial score (nSPS) is 17.6. The molecule has 2 fully saturated rings. The van der Waals surface area contributed by atoms with Crippen LogP contribution in [-0.4, -0.2) is 96.8 Å². The Morgan fingerprint density at radius 1 is 0.661 bits per heavy atom. The number of likely N-dealkylation sites (N-methyl/N-ethyl adjacent to an activating group) is 2. The number of aromatic nitrogens is 4. The highest BCUT2D eigenvalue weighted by atomic mass is 35.5. The molecule has 0 bridgehead atoms. The van der Waals surface area contributed by atoms with Crippen molar-refractivity contribution in [3.8, 4) is 33.6 Å². The summed E-state index contributed by atoms with van der Waals surface area (Å²) in [6, 6.07) is 31.5. The Balaban J connectivity index is 0.938. The van der Waals surface area contributed by atoms with Crippen molar-refractivity contribution in [2.45, 2.75) is 49.9 Å². The van der Waals surface area contributed by atoms with Gasteiger partial charge in [0, 0.05) is 30.7 Å². The monoisotopic (exact) mass is 810 g/mol. The third kappa shape index (κ3) is 7.98. The van der Waals surface area contributed by atoms with Crippen LogP contribution in [0.1, 0.15) is 72.6 Å². The number of nitrogens with zero attached hydrogens (tertiary/aromatic N) is 6. The molecule has 4 heterocycles. The van der Waals surface area contributed by atoms with E-state index in [9.17, 15) is 19.5 Å². The van der Waals surface area contributed by atoms with Gasteiger partial charge in [-0.05, 0) is 73.7 Å². The van der Waals surface area contributed by atoms with Gasteiger partial charge < -0.3 is 24.9 Å². The van der Waals surface area contributed by atoms with E-state index in [0.717, 1.165) is 69.2 Å². The molecule has 3 N–H and O–H groups in total. The highest BCUT2D eigenvalue weighted by Crippen LogP contribution is 2.38. The Morgan fingerprint density at radius 3 is 1.59 bits per heavy atom. The summed E-state index contributed by atoms with van der Waals surface area (Å²) in [6.07, 6.45) is 5.66. The first-order valence-corrected chi connectivity index (χ1v) is 20.3. The van der Waals surface area contributed by atoms with E-state index in [1.54, 1.807) is 35.4 Å². The lowest BCUT2D eigenvalue weighted by Gasteiger charge is -2.32. The number of amides is 3. The SMILES string of the molecule is CN(C)[C@@H](C(=O)N1CCC[C@H]1c1ncc(-c2ccc(-c3ccc(-c4cnc([C@@H]5CCCN5C(=O)[C@@H](c5ccccc5Cl)N(C)C(=O)O)[nH]4)cc3)cc2)[nH]1)c1ccccc1. The minimum atomic E-state index is -1.22. The lowest BCUT2D eigenvalue weighted by molar-refractivity contribution is -0.138. The van der Waals surface area contributed by atoms with E-state index < -0.39 is 12.1 Å². The Kier molecular flexibility index (Phi) is 11.4. The molecule has 3 amide bonds. The first kappa shape index (κ1) is 39.6. The molecule has 0 radical (unpaired) electrons. The molecule has 2 aromatic heterocycles. The summed E-state index contributed by atoms with van der Waals surface area (Å²) >= 11 is 6.46. The third-order valence-electron chi connectivity index (χ3n) is 11.6. The molecule has 2 aliphatic rings. The number of carboxylic acid groups (broad SMARTS) is 1. The van der Waals surface area contributed by atoms with E-state index in [2.05, 4.69) is 51.4 Å². The second-order valence-corrected chi connectivity index (χ2v) is 15.9. The number of halogens is 1. The molecule has 4 aromatic carbocycles. The lowest BCUT2D eigenvalue weighted by Crippen LogP contribution is -2.43. The maximum Gasteiger partial charge on any atom is 0.407 e. The van der Waals surface area contributed by atoms with E-state index in [1.807, 2.05) is 72.6 Å². The number of aromatic amines is 2. The van der Waals surface area contributed by atoms with Crippen molar-refractivity contribution in [3.63, 3.8) is 0 Å². The smallest absolute Gasteiger partial charge is 0.407 e. The summed E-state index contributed by atoms with van der Waals surface area (Å²) in [5, 5.41) is 10.2. The van der Waals surface area contributed by atoms with Crippen LogP contribution >= 0.6 is 11.6 Å². The van der Waals surface area contributed by atoms with Crippen molar-refractivity contribution in [3.05, 3.63) is 143 Å². The fourth-order valence-electron chi connectivity index (χ4n) is 8.55. The Labute approximate surface area is 348 Å². The van der Waals surface area contributed by atoms with Crippen LogP contribution in [0, 0.1) is 0 Å². The van der Waals surface area contributed by atoms with Gasteiger partial charge in [0.15, 0.2) is 0 Å². The molecule has 13 heteroatoms. The molecule has 59 heavy (non-hydrogen) atoms. The quantitative estimate of drug-likeness (QED) is 0.119. The topological polar surface area (TPSA) is 142 Å². The van der Waals surface area contributed by atoms with Gasteiger partial charge in [-0.25, -0.2) is 14.8 Å². The van der Waals surface area contributed by atoms with Crippen molar-refractivity contribution in [1.29, 1.82) is 0 Å². The van der Waals surface area contributed by atoms with Gasteiger partial charge >= 0.3 is 6.09 Å². The molecule has 0 unspecified atom stereocenters. The lowest BCUT2D eigenvalue weighted by atomic mass is 10.0. The third-order valence-corrected chi connectivity index (χ3v) is 12.0. The molecular formula is C46H47ClN8O4. The van der Waals surface area contributed by atoms with Crippen LogP contribution in [0.15, 0.2) is 116 Å². The highest BCUT2D eigenvalue weighted by molar-refractivity contribution is 6.31. The first-order chi connectivity index (χ1) is 28.6. The molecule has 6 aromatic rings. The minimum absolute atomic E-state index is 0.0865. The summed E-state index contributed by atoms with van der Waals surface area (Å²) in [5.41, 5.74) is 7.22. The number of hydrogen-bond donors (Lipinski definition) is 3. The molecule has 0 aliphatic carbocycles. The standard InChI is InChI=1S/C46H47ClN8O4/c1-52(2)40(33-11-5-4-6-12-33)44(56)54-25-9-15-38(54)42-48-27-36(50-42)31-21-17-29(18-22-31)30-19-23-32(24-20-30)37-28-49-43(51-37)39-16-10-26-55(39)45(57)41(53(3)46(58)59)34-13-7-8-14-35(34)47/h4-8,11-14,17-24,27-28,38-41H,9-10,15-16,25-26H2,1-3H3,(H,48,50)(H,49,51)(H,58,59)/t38-,39-,40+,41+/m0/s1. The summed E-state index contributed by atoms with van der Waals surface area (Å²) < 4.78 is 0. The molecule has 0 spiro atoms. The average molecular weight is 811 g/mol. The second-order valence-electron chi connectivity index (χ2n) is 15.5. The van der Waals surface area contributed by atoms with Crippen molar-refractivity contribution < 1.29 is 19.5 Å². The van der Waals surface area contributed by atoms with Crippen molar-refractivity contribution in [2.24, 2.45) is 0 Å². The number of hydrogen-bond acceptors (Lipinski definition) is 6. The number of nitrogens with one attached hydrogen (secondary N) is 2. The summed E-state index contributed by atoms with van der Waals surface area (Å²) in [5.74, 6) is 1.21. The Hall–Kier alpha value is -6.24. The van der Waals surface area contributed by atoms with Gasteiger partial charge in [-0.2, -0.15) is 0 Å². The van der Waals surface area contributed by atoms with Gasteiger partial charge in [0.2, 0.25) is 5.91 Å². The summed E-state index contributed by atoms with van der Waals surface area (Å²) in [4.78, 5) is 63.1. The number of H-pyrrole nitrogens is 2. The first-order valence-electron chi connectivity index (χ1n) is 19.9. The minimum Gasteiger partial charge on any atom is -0.465 e. The van der Waals surface area contributed by atoms with Crippen molar-refractivity contribution >= 4 is 29.5 Å². The van der Waals surface area contributed by atoms with Crippen LogP contribution in [-0.2, 0) is 9.59 Å². The predicted molar refractivity (Wildman–Crippen MR) is 227 cm³/mol. The number of rotatable bonds is 11. The van der Waals surface area contributed by atoms with Crippen molar-refractivity contribution in [1.82, 2.24) is 39.5 Å². The summed E-state index contributed by atoms with van der Waals surface area (Å²) in [6.45, 7) is 1.18. The van der Waals surface area contributed by atoms with Crippen LogP contribution in [0.25, 0.3) is 33.6 Å². The number of likely N-dealkylation sites (tertiary alicyclic amines) is 2. The van der Waals surface area contributed by atoms with Gasteiger partial charge in [-0.1, -0.05) is 109 Å². The van der Waals surface area contributed by atoms with Gasteiger partial charge in [0.25, 0.3) is 5.91 Å². The highest BCUT2D eigenvalue weighted by Gasteiger charge is 2.40. The van der Waals surface area contributed by atoms with E-state index in [4.69, 9.17) is 16.6 Å². The Bertz CT molecular complexity index is 2430. The van der Waals surface area contributed by atoms with Crippen LogP contribution in [0.4, 0.5) is 4.79 Å². The number of benzene rings is 4. The fourth-order valence-corrected chi connectivity index (χ4v) is 8.78. The maximum absolute atomic E-state index is 14.0. The zero-order valence-electron chi connectivity index (χ0n) is 33.3. The zero-order chi connectivity index (χ0) is 41.2. The molecule has 4 atom stereocenters. The van der Waals surface area contributed by atoms with Gasteiger partial charge in [-0.3, -0.25) is 19.4 Å². The second kappa shape index (κ2) is 16.9. The van der Waals surface area contributed by atoms with Crippen LogP contribution in [0.3, 0.4) is 0 Å². The number of imidazole rings is 2. The van der Waals surface area contributed by atoms with Gasteiger partial charge in [-0.15, -0.1) is 0 Å². The van der Waals surface area contributed by atoms with E-state index in [-0.39, 0.29) is 29.9 Å². The van der Waals surface area contributed by atoms with Crippen LogP contribution in [0.2, 0.25) is 5.02 Å². The van der Waals surface area contributed by atoms with E-state index in [1.165, 1.54) is 7.05 Å². The largest absolute Gasteiger partial charge is 0.465 e. The zero-order valence-corrected chi connectivity index (χ0v) is 34.0. The number of carbonyl (C=O) groups is 3. The van der Waals surface area contributed by atoms with Gasteiger partial charge in [0.05, 0.1) is 35.9 Å². The van der Waals surface area contributed by atoms with Crippen LogP contribution in [0.5, 0.6) is 0 Å². The fraction of sp³-hybridized carbons (Fsp3) is 0.283. The van der Waals surface area contributed by atoms with Crippen molar-refractivity contribution in [2.75, 3.05) is 34.2 Å². The molecular weight excluding hydrogens is 764 g/mol. The molecule has 12 nitrogen and oxygen atoms in total. The van der Waals surface area contributed by atoms with E-state index >= 15 is 0 Å². The van der Waals surface area contributed by atoms with Gasteiger partial charge in [0.1, 0.15) is 23.7 Å². The molecule has 302 valence electrons. The molecule has 0 saturated carbocycles. The van der Waals surface area contributed by atoms with E-state index in [0.29, 0.717) is 35.9 Å². The van der Waals surface area contributed by atoms with Crippen LogP contribution < -0.4 is 0 Å². The Morgan fingerprint density at radius 2 is 1.12 bits per heavy atom. The maximum atomic E-state index is 14.0. The molecule has 2 saturated heterocycles.